The summed E-state index contributed by atoms with van der Waals surface area (Å²) in [5, 5.41) is 15.3. The summed E-state index contributed by atoms with van der Waals surface area (Å²) >= 11 is 0. The van der Waals surface area contributed by atoms with Crippen LogP contribution in [0.1, 0.15) is 26.7 Å². The lowest BCUT2D eigenvalue weighted by atomic mass is 10.4. The quantitative estimate of drug-likeness (QED) is 0.310. The predicted octanol–water partition coefficient (Wildman–Crippen LogP) is 1.41. The molecule has 0 aliphatic carbocycles. The molecule has 58 valence electrons. The number of hydrogen-bond acceptors (Lipinski definition) is 3. The molecule has 0 fully saturated rings. The van der Waals surface area contributed by atoms with Crippen LogP contribution in [0.2, 0.25) is 0 Å². The van der Waals surface area contributed by atoms with Crippen LogP contribution in [0.3, 0.4) is 0 Å². The zero-order valence-electron chi connectivity index (χ0n) is 6.22. The van der Waals surface area contributed by atoms with Crippen LogP contribution in [0.25, 0.3) is 0 Å². The van der Waals surface area contributed by atoms with Crippen molar-refractivity contribution in [3.05, 3.63) is 0 Å². The third-order valence-corrected chi connectivity index (χ3v) is 0.854. The maximum absolute atomic E-state index is 6.00. The molecule has 0 saturated carbocycles. The molecule has 0 atom stereocenters. The molecule has 0 bridgehead atoms. The highest BCUT2D eigenvalue weighted by atomic mass is 17.0. The summed E-state index contributed by atoms with van der Waals surface area (Å²) in [6.45, 7) is 6.72. The van der Waals surface area contributed by atoms with Gasteiger partial charge in [0.25, 0.3) is 0 Å². The molecule has 0 rings (SSSR count). The topological polar surface area (TPSA) is 52.5 Å². The molecule has 3 N–H and O–H groups in total. The first-order chi connectivity index (χ1) is 4.41. The number of hydrogen-bond donors (Lipinski definition) is 3. The van der Waals surface area contributed by atoms with Crippen LogP contribution >= 0.6 is 0 Å². The smallest absolute Gasteiger partial charge is 0.00516 e. The van der Waals surface area contributed by atoms with E-state index < -0.39 is 0 Å². The predicted molar refractivity (Wildman–Crippen MR) is 38.7 cm³/mol. The van der Waals surface area contributed by atoms with Crippen molar-refractivity contribution in [2.45, 2.75) is 26.7 Å². The van der Waals surface area contributed by atoms with Crippen molar-refractivity contribution in [3.63, 3.8) is 0 Å². The van der Waals surface area contributed by atoms with Gasteiger partial charge in [-0.25, -0.2) is 0 Å². The highest BCUT2D eigenvalue weighted by Crippen LogP contribution is 1.71. The molecule has 0 radical (unpaired) electrons. The van der Waals surface area contributed by atoms with Gasteiger partial charge in [-0.2, -0.15) is 0 Å². The summed E-state index contributed by atoms with van der Waals surface area (Å²) in [6, 6.07) is 0. The molecular weight excluding hydrogens is 118 g/mol. The maximum atomic E-state index is 6.00. The second-order valence-corrected chi connectivity index (χ2v) is 1.75. The lowest BCUT2D eigenvalue weighted by Gasteiger charge is -1.95. The Morgan fingerprint density at radius 2 is 1.33 bits per heavy atom. The van der Waals surface area contributed by atoms with Crippen molar-refractivity contribution in [1.82, 2.24) is 5.32 Å². The second-order valence-electron chi connectivity index (χ2n) is 1.75. The summed E-state index contributed by atoms with van der Waals surface area (Å²) < 4.78 is 0. The van der Waals surface area contributed by atoms with Gasteiger partial charge in [0.15, 0.2) is 0 Å². The first kappa shape index (κ1) is 11.6. The van der Waals surface area contributed by atoms with Crippen LogP contribution in [0.15, 0.2) is 0 Å². The monoisotopic (exact) mass is 135 g/mol. The van der Waals surface area contributed by atoms with E-state index in [9.17, 15) is 0 Å². The van der Waals surface area contributed by atoms with E-state index in [-0.39, 0.29) is 0 Å². The highest BCUT2D eigenvalue weighted by Gasteiger charge is 1.76. The van der Waals surface area contributed by atoms with Gasteiger partial charge < -0.3 is 5.32 Å². The van der Waals surface area contributed by atoms with Crippen LogP contribution in [0.5, 0.6) is 0 Å². The third kappa shape index (κ3) is 18.1. The summed E-state index contributed by atoms with van der Waals surface area (Å²) in [6.07, 6.45) is 2.50. The molecule has 0 spiro atoms. The van der Waals surface area contributed by atoms with E-state index in [2.05, 4.69) is 19.2 Å². The molecule has 0 aliphatic heterocycles. The van der Waals surface area contributed by atoms with Gasteiger partial charge in [-0.05, 0) is 25.9 Å². The molecular formula is C6H17NO2. The van der Waals surface area contributed by atoms with Crippen LogP contribution < -0.4 is 5.32 Å². The molecule has 0 aromatic rings. The van der Waals surface area contributed by atoms with Crippen LogP contribution in [-0.4, -0.2) is 23.6 Å². The van der Waals surface area contributed by atoms with E-state index in [1.54, 1.807) is 0 Å². The Hall–Kier alpha value is -0.120. The molecule has 0 saturated heterocycles. The molecule has 0 aromatic heterocycles. The summed E-state index contributed by atoms with van der Waals surface area (Å²) in [7, 11) is 0. The largest absolute Gasteiger partial charge is 0.317 e. The second kappa shape index (κ2) is 15.7. The van der Waals surface area contributed by atoms with E-state index in [0.717, 1.165) is 0 Å². The lowest BCUT2D eigenvalue weighted by Crippen LogP contribution is -2.14. The Kier molecular flexibility index (Phi) is 20.3. The Balaban J connectivity index is 0. The van der Waals surface area contributed by atoms with Crippen molar-refractivity contribution in [2.75, 3.05) is 13.1 Å². The van der Waals surface area contributed by atoms with Gasteiger partial charge in [-0.3, -0.25) is 10.5 Å². The fourth-order valence-electron chi connectivity index (χ4n) is 0.479. The molecule has 0 amide bonds. The van der Waals surface area contributed by atoms with Crippen molar-refractivity contribution < 1.29 is 10.5 Å². The van der Waals surface area contributed by atoms with E-state index in [4.69, 9.17) is 10.5 Å². The summed E-state index contributed by atoms with van der Waals surface area (Å²) in [4.78, 5) is 0. The van der Waals surface area contributed by atoms with Crippen molar-refractivity contribution >= 4 is 0 Å². The molecule has 0 aliphatic rings. The molecule has 9 heavy (non-hydrogen) atoms. The number of rotatable bonds is 4. The number of nitrogens with one attached hydrogen (secondary N) is 1. The van der Waals surface area contributed by atoms with Crippen molar-refractivity contribution in [2.24, 2.45) is 0 Å². The summed E-state index contributed by atoms with van der Waals surface area (Å²) in [5.41, 5.74) is 0. The summed E-state index contributed by atoms with van der Waals surface area (Å²) in [5.74, 6) is 0. The van der Waals surface area contributed by atoms with Gasteiger partial charge in [-0.15, -0.1) is 0 Å². The van der Waals surface area contributed by atoms with E-state index >= 15 is 0 Å². The molecule has 3 heteroatoms. The fraction of sp³-hybridized carbons (Fsp3) is 1.00. The minimum atomic E-state index is 1.17. The Bertz CT molecular complexity index is 30.2. The van der Waals surface area contributed by atoms with Gasteiger partial charge in [0, 0.05) is 0 Å². The maximum Gasteiger partial charge on any atom is -0.00516 e. The first-order valence-corrected chi connectivity index (χ1v) is 3.32. The minimum Gasteiger partial charge on any atom is -0.317 e. The van der Waals surface area contributed by atoms with Crippen LogP contribution in [-0.2, 0) is 0 Å². The normalized spacial score (nSPS) is 8.00. The Morgan fingerprint density at radius 3 is 1.56 bits per heavy atom. The minimum absolute atomic E-state index is 1.17. The van der Waals surface area contributed by atoms with E-state index in [0.29, 0.717) is 0 Å². The molecule has 3 nitrogen and oxygen atoms in total. The lowest BCUT2D eigenvalue weighted by molar-refractivity contribution is -0.176. The van der Waals surface area contributed by atoms with Gasteiger partial charge in [0.05, 0.1) is 0 Å². The fourth-order valence-corrected chi connectivity index (χ4v) is 0.479. The van der Waals surface area contributed by atoms with Gasteiger partial charge >= 0.3 is 0 Å². The Labute approximate surface area is 56.6 Å². The third-order valence-electron chi connectivity index (χ3n) is 0.854. The average molecular weight is 135 g/mol. The van der Waals surface area contributed by atoms with E-state index in [1.165, 1.54) is 25.9 Å². The van der Waals surface area contributed by atoms with Gasteiger partial charge in [-0.1, -0.05) is 13.8 Å². The highest BCUT2D eigenvalue weighted by molar-refractivity contribution is 4.39. The van der Waals surface area contributed by atoms with Crippen LogP contribution in [0, 0.1) is 0 Å². The molecule has 0 heterocycles. The Morgan fingerprint density at radius 1 is 1.00 bits per heavy atom. The van der Waals surface area contributed by atoms with Gasteiger partial charge in [0.1, 0.15) is 0 Å². The van der Waals surface area contributed by atoms with E-state index in [1.807, 2.05) is 0 Å². The zero-order valence-corrected chi connectivity index (χ0v) is 6.22. The first-order valence-electron chi connectivity index (χ1n) is 3.32. The average Bonchev–Trinajstić information content (AvgIpc) is 1.94. The molecule has 0 unspecified atom stereocenters. The van der Waals surface area contributed by atoms with Crippen molar-refractivity contribution in [1.29, 1.82) is 0 Å². The zero-order chi connectivity index (χ0) is 7.54. The molecule has 0 aromatic carbocycles. The van der Waals surface area contributed by atoms with Gasteiger partial charge in [0.2, 0.25) is 0 Å². The van der Waals surface area contributed by atoms with Crippen molar-refractivity contribution in [3.8, 4) is 0 Å². The standard InChI is InChI=1S/C6H15N.H2O2/c1-3-5-7-6-4-2;1-2/h7H,3-6H2,1-2H3;1-2H. The van der Waals surface area contributed by atoms with Crippen LogP contribution in [0.4, 0.5) is 0 Å². The SMILES string of the molecule is CCCNCCC.OO.